The molecule has 0 spiro atoms. The van der Waals surface area contributed by atoms with Crippen molar-refractivity contribution in [1.29, 1.82) is 0 Å². The first-order chi connectivity index (χ1) is 10.2. The topological polar surface area (TPSA) is 89.3 Å². The molecule has 0 saturated carbocycles. The molecule has 0 saturated heterocycles. The maximum atomic E-state index is 13.7. The van der Waals surface area contributed by atoms with Gasteiger partial charge in [-0.3, -0.25) is 4.79 Å². The largest absolute Gasteiger partial charge is 0.322 e. The number of hydrogen-bond acceptors (Lipinski definition) is 3. The van der Waals surface area contributed by atoms with Gasteiger partial charge in [0.2, 0.25) is 10.0 Å². The molecule has 3 N–H and O–H groups in total. The summed E-state index contributed by atoms with van der Waals surface area (Å²) >= 11 is 5.80. The van der Waals surface area contributed by atoms with Gasteiger partial charge in [0.25, 0.3) is 5.91 Å². The van der Waals surface area contributed by atoms with Gasteiger partial charge in [-0.25, -0.2) is 17.9 Å². The van der Waals surface area contributed by atoms with Gasteiger partial charge < -0.3 is 5.32 Å². The Hall–Kier alpha value is -1.96. The van der Waals surface area contributed by atoms with Crippen LogP contribution in [0.1, 0.15) is 15.9 Å². The molecule has 0 aliphatic carbocycles. The Morgan fingerprint density at radius 2 is 1.95 bits per heavy atom. The first kappa shape index (κ1) is 16.4. The van der Waals surface area contributed by atoms with Crippen LogP contribution in [0, 0.1) is 12.7 Å². The van der Waals surface area contributed by atoms with Crippen LogP contribution in [0.2, 0.25) is 5.02 Å². The Morgan fingerprint density at radius 3 is 2.55 bits per heavy atom. The van der Waals surface area contributed by atoms with Crippen LogP contribution in [0.5, 0.6) is 0 Å². The van der Waals surface area contributed by atoms with E-state index in [0.717, 1.165) is 6.07 Å². The molecule has 2 rings (SSSR count). The van der Waals surface area contributed by atoms with E-state index in [0.29, 0.717) is 5.56 Å². The first-order valence-electron chi connectivity index (χ1n) is 6.09. The molecule has 2 aromatic carbocycles. The molecule has 0 heterocycles. The standard InChI is InChI=1S/C14H12ClFN2O3S/c1-8-5-6-9(7-12(8)22(17,20)21)18-14(19)13-10(15)3-2-4-11(13)16/h2-7H,1H3,(H,18,19)(H2,17,20,21). The second kappa shape index (κ2) is 6.04. The van der Waals surface area contributed by atoms with Crippen molar-refractivity contribution in [2.24, 2.45) is 5.14 Å². The van der Waals surface area contributed by atoms with E-state index in [4.69, 9.17) is 16.7 Å². The molecule has 5 nitrogen and oxygen atoms in total. The van der Waals surface area contributed by atoms with E-state index in [1.165, 1.54) is 30.3 Å². The highest BCUT2D eigenvalue weighted by molar-refractivity contribution is 7.89. The number of halogens is 2. The van der Waals surface area contributed by atoms with Crippen LogP contribution >= 0.6 is 11.6 Å². The number of amides is 1. The average Bonchev–Trinajstić information content (AvgIpc) is 2.39. The predicted octanol–water partition coefficient (Wildman–Crippen LogP) is 2.69. The zero-order valence-corrected chi connectivity index (χ0v) is 13.0. The van der Waals surface area contributed by atoms with E-state index in [2.05, 4.69) is 5.32 Å². The summed E-state index contributed by atoms with van der Waals surface area (Å²) in [4.78, 5) is 12.0. The Balaban J connectivity index is 2.38. The molecule has 8 heteroatoms. The third kappa shape index (κ3) is 3.44. The molecule has 116 valence electrons. The first-order valence-corrected chi connectivity index (χ1v) is 8.01. The number of anilines is 1. The summed E-state index contributed by atoms with van der Waals surface area (Å²) in [5.41, 5.74) is 0.283. The number of primary sulfonamides is 1. The van der Waals surface area contributed by atoms with Gasteiger partial charge in [-0.2, -0.15) is 0 Å². The lowest BCUT2D eigenvalue weighted by molar-refractivity contribution is 0.102. The van der Waals surface area contributed by atoms with Crippen molar-refractivity contribution < 1.29 is 17.6 Å². The van der Waals surface area contributed by atoms with Crippen LogP contribution in [-0.4, -0.2) is 14.3 Å². The zero-order chi connectivity index (χ0) is 16.5. The lowest BCUT2D eigenvalue weighted by atomic mass is 10.1. The van der Waals surface area contributed by atoms with Crippen molar-refractivity contribution in [1.82, 2.24) is 0 Å². The van der Waals surface area contributed by atoms with Crippen molar-refractivity contribution in [3.05, 3.63) is 58.4 Å². The molecule has 22 heavy (non-hydrogen) atoms. The summed E-state index contributed by atoms with van der Waals surface area (Å²) in [5, 5.41) is 7.45. The number of nitrogens with one attached hydrogen (secondary N) is 1. The fourth-order valence-corrected chi connectivity index (χ4v) is 2.95. The Labute approximate surface area is 131 Å². The highest BCUT2D eigenvalue weighted by Crippen LogP contribution is 2.23. The van der Waals surface area contributed by atoms with Gasteiger partial charge in [0, 0.05) is 5.69 Å². The minimum atomic E-state index is -3.92. The second-order valence-electron chi connectivity index (χ2n) is 4.58. The Morgan fingerprint density at radius 1 is 1.27 bits per heavy atom. The molecule has 0 aliphatic rings. The number of sulfonamides is 1. The normalized spacial score (nSPS) is 11.3. The summed E-state index contributed by atoms with van der Waals surface area (Å²) in [6.07, 6.45) is 0. The number of hydrogen-bond donors (Lipinski definition) is 2. The van der Waals surface area contributed by atoms with Crippen LogP contribution < -0.4 is 10.5 Å². The maximum Gasteiger partial charge on any atom is 0.260 e. The van der Waals surface area contributed by atoms with E-state index >= 15 is 0 Å². The smallest absolute Gasteiger partial charge is 0.260 e. The van der Waals surface area contributed by atoms with E-state index in [9.17, 15) is 17.6 Å². The Kier molecular flexibility index (Phi) is 4.50. The van der Waals surface area contributed by atoms with E-state index in [1.807, 2.05) is 0 Å². The molecular formula is C14H12ClFN2O3S. The molecule has 2 aromatic rings. The number of benzene rings is 2. The summed E-state index contributed by atoms with van der Waals surface area (Å²) in [6.45, 7) is 1.57. The highest BCUT2D eigenvalue weighted by Gasteiger charge is 2.17. The van der Waals surface area contributed by atoms with Gasteiger partial charge in [0.05, 0.1) is 15.5 Å². The van der Waals surface area contributed by atoms with Crippen LogP contribution in [0.3, 0.4) is 0 Å². The predicted molar refractivity (Wildman–Crippen MR) is 81.9 cm³/mol. The molecular weight excluding hydrogens is 331 g/mol. The van der Waals surface area contributed by atoms with E-state index in [-0.39, 0.29) is 21.2 Å². The lowest BCUT2D eigenvalue weighted by Crippen LogP contribution is -2.17. The fourth-order valence-electron chi connectivity index (χ4n) is 1.89. The third-order valence-electron chi connectivity index (χ3n) is 2.94. The van der Waals surface area contributed by atoms with Gasteiger partial charge in [-0.15, -0.1) is 0 Å². The molecule has 0 aliphatic heterocycles. The van der Waals surface area contributed by atoms with Crippen molar-refractivity contribution in [2.45, 2.75) is 11.8 Å². The highest BCUT2D eigenvalue weighted by atomic mass is 35.5. The van der Waals surface area contributed by atoms with E-state index in [1.54, 1.807) is 6.92 Å². The molecule has 1 amide bonds. The van der Waals surface area contributed by atoms with Gasteiger partial charge >= 0.3 is 0 Å². The molecule has 0 atom stereocenters. The molecule has 0 fully saturated rings. The van der Waals surface area contributed by atoms with Crippen molar-refractivity contribution >= 4 is 33.2 Å². The number of rotatable bonds is 3. The van der Waals surface area contributed by atoms with Crippen molar-refractivity contribution in [2.75, 3.05) is 5.32 Å². The van der Waals surface area contributed by atoms with Gasteiger partial charge in [0.1, 0.15) is 5.82 Å². The fraction of sp³-hybridized carbons (Fsp3) is 0.0714. The summed E-state index contributed by atoms with van der Waals surface area (Å²) in [6, 6.07) is 8.03. The van der Waals surface area contributed by atoms with Crippen LogP contribution in [0.4, 0.5) is 10.1 Å². The SMILES string of the molecule is Cc1ccc(NC(=O)c2c(F)cccc2Cl)cc1S(N)(=O)=O. The average molecular weight is 343 g/mol. The monoisotopic (exact) mass is 342 g/mol. The minimum absolute atomic E-state index is 0.0451. The van der Waals surface area contributed by atoms with Crippen molar-refractivity contribution in [3.63, 3.8) is 0 Å². The van der Waals surface area contributed by atoms with Crippen LogP contribution in [0.15, 0.2) is 41.3 Å². The zero-order valence-electron chi connectivity index (χ0n) is 11.4. The van der Waals surface area contributed by atoms with E-state index < -0.39 is 21.7 Å². The van der Waals surface area contributed by atoms with Gasteiger partial charge in [-0.1, -0.05) is 23.7 Å². The molecule has 0 radical (unpaired) electrons. The summed E-state index contributed by atoms with van der Waals surface area (Å²) in [7, 11) is -3.92. The number of carbonyl (C=O) groups is 1. The lowest BCUT2D eigenvalue weighted by Gasteiger charge is -2.10. The Bertz CT molecular complexity index is 833. The van der Waals surface area contributed by atoms with Gasteiger partial charge in [0.15, 0.2) is 0 Å². The molecule has 0 bridgehead atoms. The van der Waals surface area contributed by atoms with Crippen LogP contribution in [-0.2, 0) is 10.0 Å². The summed E-state index contributed by atoms with van der Waals surface area (Å²) < 4.78 is 36.6. The summed E-state index contributed by atoms with van der Waals surface area (Å²) in [5.74, 6) is -1.56. The second-order valence-corrected chi connectivity index (χ2v) is 6.51. The molecule has 0 unspecified atom stereocenters. The minimum Gasteiger partial charge on any atom is -0.322 e. The number of aryl methyl sites for hydroxylation is 1. The molecule has 0 aromatic heterocycles. The van der Waals surface area contributed by atoms with Gasteiger partial charge in [-0.05, 0) is 36.8 Å². The third-order valence-corrected chi connectivity index (χ3v) is 4.31. The number of carbonyl (C=O) groups excluding carboxylic acids is 1. The maximum absolute atomic E-state index is 13.7. The quantitative estimate of drug-likeness (QED) is 0.898. The van der Waals surface area contributed by atoms with Crippen molar-refractivity contribution in [3.8, 4) is 0 Å². The number of nitrogens with two attached hydrogens (primary N) is 1. The van der Waals surface area contributed by atoms with Crippen LogP contribution in [0.25, 0.3) is 0 Å².